The fourth-order valence-electron chi connectivity index (χ4n) is 1.05. The average Bonchev–Trinajstić information content (AvgIpc) is 2.09. The number of benzene rings is 1. The second-order valence-corrected chi connectivity index (χ2v) is 3.60. The van der Waals surface area contributed by atoms with E-state index in [0.29, 0.717) is 0 Å². The van der Waals surface area contributed by atoms with Crippen LogP contribution in [0.3, 0.4) is 0 Å². The second kappa shape index (κ2) is 4.39. The smallest absolute Gasteiger partial charge is 0.227 e. The van der Waals surface area contributed by atoms with E-state index >= 15 is 0 Å². The summed E-state index contributed by atoms with van der Waals surface area (Å²) in [5.74, 6) is -1.11. The van der Waals surface area contributed by atoms with Crippen LogP contribution in [0.15, 0.2) is 28.7 Å². The molecule has 0 aliphatic rings. The fourth-order valence-corrected chi connectivity index (χ4v) is 1.32. The van der Waals surface area contributed by atoms with Crippen molar-refractivity contribution in [1.29, 1.82) is 0 Å². The van der Waals surface area contributed by atoms with Crippen molar-refractivity contribution >= 4 is 21.8 Å². The largest absolute Gasteiger partial charge is 0.395 e. The zero-order valence-corrected chi connectivity index (χ0v) is 8.49. The Balaban J connectivity index is 2.92. The molecule has 3 N–H and O–H groups in total. The number of halogens is 1. The number of aliphatic hydroxyl groups is 1. The predicted octanol–water partition coefficient (Wildman–Crippen LogP) is 1.01. The molecule has 1 aromatic carbocycles. The van der Waals surface area contributed by atoms with Crippen LogP contribution in [-0.4, -0.2) is 17.6 Å². The van der Waals surface area contributed by atoms with Crippen molar-refractivity contribution in [2.45, 2.75) is 5.92 Å². The van der Waals surface area contributed by atoms with E-state index in [2.05, 4.69) is 15.9 Å². The van der Waals surface area contributed by atoms with E-state index in [1.165, 1.54) is 0 Å². The highest BCUT2D eigenvalue weighted by atomic mass is 79.9. The van der Waals surface area contributed by atoms with Crippen LogP contribution in [0.4, 0.5) is 0 Å². The lowest BCUT2D eigenvalue weighted by Crippen LogP contribution is -2.24. The van der Waals surface area contributed by atoms with Crippen molar-refractivity contribution in [3.63, 3.8) is 0 Å². The minimum absolute atomic E-state index is 0.253. The van der Waals surface area contributed by atoms with Gasteiger partial charge in [0.15, 0.2) is 0 Å². The first-order chi connectivity index (χ1) is 6.15. The van der Waals surface area contributed by atoms with Crippen LogP contribution in [0.5, 0.6) is 0 Å². The summed E-state index contributed by atoms with van der Waals surface area (Å²) in [7, 11) is 0. The Bertz CT molecular complexity index is 297. The molecular formula is C9H10BrNO2. The van der Waals surface area contributed by atoms with Gasteiger partial charge in [-0.2, -0.15) is 0 Å². The molecule has 0 bridgehead atoms. The van der Waals surface area contributed by atoms with Crippen LogP contribution in [0, 0.1) is 0 Å². The summed E-state index contributed by atoms with van der Waals surface area (Å²) in [6.45, 7) is -0.253. The number of amides is 1. The maximum absolute atomic E-state index is 10.9. The second-order valence-electron chi connectivity index (χ2n) is 2.69. The molecule has 0 fully saturated rings. The van der Waals surface area contributed by atoms with E-state index in [4.69, 9.17) is 10.8 Å². The Hall–Kier alpha value is -0.870. The minimum Gasteiger partial charge on any atom is -0.395 e. The van der Waals surface area contributed by atoms with Gasteiger partial charge >= 0.3 is 0 Å². The Labute approximate surface area is 84.7 Å². The summed E-state index contributed by atoms with van der Waals surface area (Å²) in [5.41, 5.74) is 5.84. The summed E-state index contributed by atoms with van der Waals surface area (Å²) in [6, 6.07) is 7.13. The highest BCUT2D eigenvalue weighted by Crippen LogP contribution is 2.17. The highest BCUT2D eigenvalue weighted by molar-refractivity contribution is 9.10. The highest BCUT2D eigenvalue weighted by Gasteiger charge is 2.15. The number of aliphatic hydroxyl groups excluding tert-OH is 1. The molecule has 1 amide bonds. The van der Waals surface area contributed by atoms with Gasteiger partial charge in [0, 0.05) is 4.47 Å². The van der Waals surface area contributed by atoms with E-state index in [1.807, 2.05) is 0 Å². The quantitative estimate of drug-likeness (QED) is 0.833. The van der Waals surface area contributed by atoms with Crippen molar-refractivity contribution < 1.29 is 9.90 Å². The normalized spacial score (nSPS) is 12.5. The molecule has 70 valence electrons. The van der Waals surface area contributed by atoms with Crippen LogP contribution in [0.2, 0.25) is 0 Å². The molecule has 0 aromatic heterocycles. The summed E-state index contributed by atoms with van der Waals surface area (Å²) < 4.78 is 0.928. The van der Waals surface area contributed by atoms with Crippen LogP contribution in [-0.2, 0) is 4.79 Å². The zero-order chi connectivity index (χ0) is 9.84. The Morgan fingerprint density at radius 2 is 2.00 bits per heavy atom. The standard InChI is InChI=1S/C9H10BrNO2/c10-7-3-1-6(2-4-7)8(5-12)9(11)13/h1-4,8,12H,5H2,(H2,11,13). The third-order valence-corrected chi connectivity index (χ3v) is 2.33. The van der Waals surface area contributed by atoms with Crippen LogP contribution in [0.25, 0.3) is 0 Å². The van der Waals surface area contributed by atoms with Gasteiger partial charge in [0.05, 0.1) is 12.5 Å². The van der Waals surface area contributed by atoms with Crippen molar-refractivity contribution in [3.05, 3.63) is 34.3 Å². The lowest BCUT2D eigenvalue weighted by atomic mass is 10.00. The van der Waals surface area contributed by atoms with Crippen LogP contribution in [0.1, 0.15) is 11.5 Å². The van der Waals surface area contributed by atoms with E-state index < -0.39 is 11.8 Å². The third kappa shape index (κ3) is 2.54. The molecule has 0 spiro atoms. The van der Waals surface area contributed by atoms with E-state index in [9.17, 15) is 4.79 Å². The number of hydrogen-bond donors (Lipinski definition) is 2. The first-order valence-electron chi connectivity index (χ1n) is 3.80. The first-order valence-corrected chi connectivity index (χ1v) is 4.60. The number of nitrogens with two attached hydrogens (primary N) is 1. The lowest BCUT2D eigenvalue weighted by Gasteiger charge is -2.09. The maximum Gasteiger partial charge on any atom is 0.227 e. The summed E-state index contributed by atoms with van der Waals surface area (Å²) in [5, 5.41) is 8.91. The van der Waals surface area contributed by atoms with Crippen molar-refractivity contribution in [3.8, 4) is 0 Å². The van der Waals surface area contributed by atoms with Gasteiger partial charge in [-0.3, -0.25) is 4.79 Å². The fraction of sp³-hybridized carbons (Fsp3) is 0.222. The van der Waals surface area contributed by atoms with E-state index in [-0.39, 0.29) is 6.61 Å². The first kappa shape index (κ1) is 10.2. The molecule has 0 saturated heterocycles. The number of carbonyl (C=O) groups is 1. The van der Waals surface area contributed by atoms with E-state index in [1.54, 1.807) is 24.3 Å². The van der Waals surface area contributed by atoms with Crippen molar-refractivity contribution in [1.82, 2.24) is 0 Å². The number of primary amides is 1. The molecule has 0 saturated carbocycles. The van der Waals surface area contributed by atoms with Gasteiger partial charge in [-0.05, 0) is 17.7 Å². The van der Waals surface area contributed by atoms with Crippen LogP contribution >= 0.6 is 15.9 Å². The lowest BCUT2D eigenvalue weighted by molar-refractivity contribution is -0.120. The van der Waals surface area contributed by atoms with Gasteiger partial charge < -0.3 is 10.8 Å². The molecule has 0 heterocycles. The molecule has 0 radical (unpaired) electrons. The topological polar surface area (TPSA) is 63.3 Å². The summed E-state index contributed by atoms with van der Waals surface area (Å²) >= 11 is 3.27. The Morgan fingerprint density at radius 3 is 2.38 bits per heavy atom. The summed E-state index contributed by atoms with van der Waals surface area (Å²) in [4.78, 5) is 10.9. The van der Waals surface area contributed by atoms with Gasteiger partial charge in [0.1, 0.15) is 0 Å². The maximum atomic E-state index is 10.9. The molecule has 0 aliphatic carbocycles. The van der Waals surface area contributed by atoms with E-state index in [0.717, 1.165) is 10.0 Å². The van der Waals surface area contributed by atoms with Crippen molar-refractivity contribution in [2.24, 2.45) is 5.73 Å². The number of hydrogen-bond acceptors (Lipinski definition) is 2. The predicted molar refractivity (Wildman–Crippen MR) is 53.2 cm³/mol. The number of carbonyl (C=O) groups excluding carboxylic acids is 1. The Morgan fingerprint density at radius 1 is 1.46 bits per heavy atom. The van der Waals surface area contributed by atoms with Crippen molar-refractivity contribution in [2.75, 3.05) is 6.61 Å². The molecule has 1 aromatic rings. The molecule has 1 atom stereocenters. The summed E-state index contributed by atoms with van der Waals surface area (Å²) in [6.07, 6.45) is 0. The molecule has 0 aliphatic heterocycles. The Kier molecular flexibility index (Phi) is 3.45. The van der Waals surface area contributed by atoms with Gasteiger partial charge in [-0.15, -0.1) is 0 Å². The molecule has 1 rings (SSSR count). The van der Waals surface area contributed by atoms with Gasteiger partial charge in [-0.25, -0.2) is 0 Å². The van der Waals surface area contributed by atoms with Crippen LogP contribution < -0.4 is 5.73 Å². The molecule has 3 nitrogen and oxygen atoms in total. The van der Waals surface area contributed by atoms with Gasteiger partial charge in [0.25, 0.3) is 0 Å². The molecule has 13 heavy (non-hydrogen) atoms. The third-order valence-electron chi connectivity index (χ3n) is 1.80. The SMILES string of the molecule is NC(=O)C(CO)c1ccc(Br)cc1. The van der Waals surface area contributed by atoms with Gasteiger partial charge in [0.2, 0.25) is 5.91 Å². The minimum atomic E-state index is -0.604. The monoisotopic (exact) mass is 243 g/mol. The molecule has 1 unspecified atom stereocenters. The molecule has 4 heteroatoms. The molecular weight excluding hydrogens is 234 g/mol. The zero-order valence-electron chi connectivity index (χ0n) is 6.90. The van der Waals surface area contributed by atoms with Gasteiger partial charge in [-0.1, -0.05) is 28.1 Å². The average molecular weight is 244 g/mol. The number of rotatable bonds is 3.